The minimum atomic E-state index is -3.52. The Morgan fingerprint density at radius 2 is 2.20 bits per heavy atom. The number of ether oxygens (including phenoxy) is 1. The molecule has 1 aromatic rings. The maximum absolute atomic E-state index is 12.9. The minimum absolute atomic E-state index is 0.119. The van der Waals surface area contributed by atoms with E-state index in [0.717, 1.165) is 5.56 Å². The van der Waals surface area contributed by atoms with Gasteiger partial charge in [-0.15, -0.1) is 22.9 Å². The first-order valence-electron chi connectivity index (χ1n) is 6.48. The Morgan fingerprint density at radius 3 is 2.75 bits per heavy atom. The van der Waals surface area contributed by atoms with E-state index in [4.69, 9.17) is 16.3 Å². The minimum Gasteiger partial charge on any atom is -0.370 e. The van der Waals surface area contributed by atoms with Crippen molar-refractivity contribution in [2.45, 2.75) is 50.2 Å². The molecule has 0 aromatic carbocycles. The van der Waals surface area contributed by atoms with Crippen LogP contribution in [-0.2, 0) is 20.6 Å². The molecule has 2 heterocycles. The maximum atomic E-state index is 12.9. The lowest BCUT2D eigenvalue weighted by atomic mass is 10.1. The molecular weight excluding hydrogens is 318 g/mol. The van der Waals surface area contributed by atoms with Gasteiger partial charge in [-0.3, -0.25) is 0 Å². The smallest absolute Gasteiger partial charge is 0.244 e. The second-order valence-electron chi connectivity index (χ2n) is 5.79. The van der Waals surface area contributed by atoms with E-state index < -0.39 is 15.6 Å². The van der Waals surface area contributed by atoms with E-state index in [0.29, 0.717) is 22.9 Å². The molecule has 1 atom stereocenters. The molecule has 1 aliphatic rings. The molecule has 0 bridgehead atoms. The highest BCUT2D eigenvalue weighted by molar-refractivity contribution is 7.89. The molecule has 0 spiro atoms. The number of nitrogens with zero attached hydrogens (tertiary/aromatic N) is 1. The van der Waals surface area contributed by atoms with Crippen molar-refractivity contribution in [1.29, 1.82) is 0 Å². The second kappa shape index (κ2) is 5.57. The fourth-order valence-corrected chi connectivity index (χ4v) is 6.31. The van der Waals surface area contributed by atoms with E-state index >= 15 is 0 Å². The summed E-state index contributed by atoms with van der Waals surface area (Å²) in [6, 6.07) is 0. The summed E-state index contributed by atoms with van der Waals surface area (Å²) < 4.78 is 33.1. The number of thiophene rings is 1. The number of aryl methyl sites for hydroxylation is 1. The zero-order chi connectivity index (χ0) is 15.1. The van der Waals surface area contributed by atoms with Crippen molar-refractivity contribution in [3.05, 3.63) is 15.8 Å². The summed E-state index contributed by atoms with van der Waals surface area (Å²) in [6.07, 6.45) is -0.119. The second-order valence-corrected chi connectivity index (χ2v) is 8.90. The van der Waals surface area contributed by atoms with Crippen LogP contribution in [0.5, 0.6) is 0 Å². The van der Waals surface area contributed by atoms with Crippen LogP contribution in [0.3, 0.4) is 0 Å². The molecule has 2 rings (SSSR count). The fourth-order valence-electron chi connectivity index (χ4n) is 2.63. The molecule has 0 saturated carbocycles. The summed E-state index contributed by atoms with van der Waals surface area (Å²) >= 11 is 7.28. The Kier molecular flexibility index (Phi) is 4.52. The number of rotatable bonds is 3. The fraction of sp³-hybridized carbons (Fsp3) is 0.692. The molecule has 1 saturated heterocycles. The number of hydrogen-bond acceptors (Lipinski definition) is 4. The van der Waals surface area contributed by atoms with E-state index in [1.807, 2.05) is 33.1 Å². The largest absolute Gasteiger partial charge is 0.370 e. The number of morpholine rings is 1. The summed E-state index contributed by atoms with van der Waals surface area (Å²) in [5.74, 6) is 0.219. The highest BCUT2D eigenvalue weighted by Gasteiger charge is 2.39. The van der Waals surface area contributed by atoms with Crippen LogP contribution in [-0.4, -0.2) is 37.5 Å². The third kappa shape index (κ3) is 3.04. The third-order valence-corrected chi connectivity index (χ3v) is 6.95. The zero-order valence-electron chi connectivity index (χ0n) is 12.1. The molecule has 0 aliphatic carbocycles. The van der Waals surface area contributed by atoms with E-state index in [9.17, 15) is 8.42 Å². The van der Waals surface area contributed by atoms with Gasteiger partial charge in [0.2, 0.25) is 10.0 Å². The van der Waals surface area contributed by atoms with Crippen molar-refractivity contribution >= 4 is 33.0 Å². The molecule has 1 fully saturated rings. The molecule has 0 amide bonds. The van der Waals surface area contributed by atoms with Gasteiger partial charge in [0.15, 0.2) is 0 Å². The Labute approximate surface area is 129 Å². The van der Waals surface area contributed by atoms with Gasteiger partial charge in [0, 0.05) is 18.0 Å². The number of alkyl halides is 1. The first-order valence-corrected chi connectivity index (χ1v) is 9.34. The van der Waals surface area contributed by atoms with Crippen molar-refractivity contribution < 1.29 is 13.2 Å². The lowest BCUT2D eigenvalue weighted by molar-refractivity contribution is -0.109. The molecule has 4 nitrogen and oxygen atoms in total. The topological polar surface area (TPSA) is 46.6 Å². The van der Waals surface area contributed by atoms with Gasteiger partial charge in [0.1, 0.15) is 4.90 Å². The van der Waals surface area contributed by atoms with E-state index in [-0.39, 0.29) is 12.0 Å². The molecule has 20 heavy (non-hydrogen) atoms. The third-order valence-electron chi connectivity index (χ3n) is 3.25. The number of halogens is 1. The molecule has 7 heteroatoms. The van der Waals surface area contributed by atoms with Gasteiger partial charge in [0.05, 0.1) is 17.6 Å². The van der Waals surface area contributed by atoms with Crippen molar-refractivity contribution in [3.63, 3.8) is 0 Å². The van der Waals surface area contributed by atoms with E-state index in [2.05, 4.69) is 0 Å². The van der Waals surface area contributed by atoms with Gasteiger partial charge in [-0.05, 0) is 38.6 Å². The van der Waals surface area contributed by atoms with Crippen LogP contribution < -0.4 is 0 Å². The van der Waals surface area contributed by atoms with Gasteiger partial charge in [-0.1, -0.05) is 0 Å². The first kappa shape index (κ1) is 16.2. The van der Waals surface area contributed by atoms with E-state index in [1.165, 1.54) is 15.6 Å². The summed E-state index contributed by atoms with van der Waals surface area (Å²) in [7, 11) is -3.52. The van der Waals surface area contributed by atoms with Crippen LogP contribution in [0, 0.1) is 6.92 Å². The van der Waals surface area contributed by atoms with Gasteiger partial charge in [0.25, 0.3) is 0 Å². The van der Waals surface area contributed by atoms with Crippen LogP contribution in [0.4, 0.5) is 0 Å². The van der Waals surface area contributed by atoms with Crippen LogP contribution in [0.1, 0.15) is 31.2 Å². The number of hydrogen-bond donors (Lipinski definition) is 0. The molecule has 1 unspecified atom stereocenters. The zero-order valence-corrected chi connectivity index (χ0v) is 14.5. The van der Waals surface area contributed by atoms with Crippen LogP contribution >= 0.6 is 22.9 Å². The maximum Gasteiger partial charge on any atom is 0.244 e. The van der Waals surface area contributed by atoms with Crippen LogP contribution in [0.15, 0.2) is 10.3 Å². The Balaban J connectivity index is 2.42. The van der Waals surface area contributed by atoms with E-state index in [1.54, 1.807) is 0 Å². The van der Waals surface area contributed by atoms with Crippen molar-refractivity contribution in [1.82, 2.24) is 4.31 Å². The van der Waals surface area contributed by atoms with Crippen molar-refractivity contribution in [2.75, 3.05) is 13.1 Å². The standard InChI is InChI=1S/C13H20ClNO3S2/c1-9-7-19-11(5-14)12(9)20(16,17)15-6-10(2)18-13(3,4)8-15/h7,10H,5-6,8H2,1-4H3. The Bertz CT molecular complexity index is 595. The van der Waals surface area contributed by atoms with Gasteiger partial charge >= 0.3 is 0 Å². The quantitative estimate of drug-likeness (QED) is 0.797. The number of sulfonamides is 1. The van der Waals surface area contributed by atoms with Crippen molar-refractivity contribution in [2.24, 2.45) is 0 Å². The SMILES string of the molecule is Cc1csc(CCl)c1S(=O)(=O)N1CC(C)OC(C)(C)C1. The summed E-state index contributed by atoms with van der Waals surface area (Å²) in [6.45, 7) is 8.27. The molecule has 0 N–H and O–H groups in total. The van der Waals surface area contributed by atoms with Crippen LogP contribution in [0.2, 0.25) is 0 Å². The highest BCUT2D eigenvalue weighted by atomic mass is 35.5. The molecule has 114 valence electrons. The lowest BCUT2D eigenvalue weighted by Crippen LogP contribution is -2.53. The predicted molar refractivity (Wildman–Crippen MR) is 82.0 cm³/mol. The van der Waals surface area contributed by atoms with Gasteiger partial charge in [-0.25, -0.2) is 8.42 Å². The molecule has 1 aromatic heterocycles. The highest BCUT2D eigenvalue weighted by Crippen LogP contribution is 2.33. The molecule has 1 aliphatic heterocycles. The summed E-state index contributed by atoms with van der Waals surface area (Å²) in [5.41, 5.74) is 0.290. The Hall–Kier alpha value is -0.140. The molecular formula is C13H20ClNO3S2. The first-order chi connectivity index (χ1) is 9.17. The average Bonchev–Trinajstić information content (AvgIpc) is 2.68. The molecule has 0 radical (unpaired) electrons. The normalized spacial score (nSPS) is 23.9. The Morgan fingerprint density at radius 1 is 1.55 bits per heavy atom. The van der Waals surface area contributed by atoms with Gasteiger partial charge in [-0.2, -0.15) is 4.31 Å². The average molecular weight is 338 g/mol. The predicted octanol–water partition coefficient (Wildman–Crippen LogP) is 2.98. The summed E-state index contributed by atoms with van der Waals surface area (Å²) in [5, 5.41) is 1.85. The summed E-state index contributed by atoms with van der Waals surface area (Å²) in [4.78, 5) is 1.09. The van der Waals surface area contributed by atoms with Crippen molar-refractivity contribution in [3.8, 4) is 0 Å². The monoisotopic (exact) mass is 337 g/mol. The lowest BCUT2D eigenvalue weighted by Gasteiger charge is -2.41. The van der Waals surface area contributed by atoms with Gasteiger partial charge < -0.3 is 4.74 Å². The van der Waals surface area contributed by atoms with Crippen LogP contribution in [0.25, 0.3) is 0 Å².